The van der Waals surface area contributed by atoms with E-state index >= 15 is 0 Å². The van der Waals surface area contributed by atoms with Crippen LogP contribution < -0.4 is 15.8 Å². The van der Waals surface area contributed by atoms with E-state index in [1.54, 1.807) is 13.2 Å². The van der Waals surface area contributed by atoms with Crippen LogP contribution in [0.15, 0.2) is 48.5 Å². The highest BCUT2D eigenvalue weighted by atomic mass is 16.5. The summed E-state index contributed by atoms with van der Waals surface area (Å²) in [6.07, 6.45) is 0. The highest BCUT2D eigenvalue weighted by Crippen LogP contribution is 2.23. The van der Waals surface area contributed by atoms with Gasteiger partial charge in [-0.25, -0.2) is 0 Å². The van der Waals surface area contributed by atoms with Crippen molar-refractivity contribution >= 4 is 5.91 Å². The van der Waals surface area contributed by atoms with Crippen molar-refractivity contribution < 1.29 is 14.3 Å². The third-order valence-electron chi connectivity index (χ3n) is 4.87. The number of rotatable bonds is 8. The Morgan fingerprint density at radius 2 is 1.96 bits per heavy atom. The molecule has 0 aliphatic carbocycles. The van der Waals surface area contributed by atoms with E-state index in [0.29, 0.717) is 12.1 Å². The van der Waals surface area contributed by atoms with Crippen molar-refractivity contribution in [1.82, 2.24) is 10.2 Å². The van der Waals surface area contributed by atoms with Crippen molar-refractivity contribution in [3.8, 4) is 5.75 Å². The largest absolute Gasteiger partial charge is 0.497 e. The summed E-state index contributed by atoms with van der Waals surface area (Å²) in [6.45, 7) is 4.82. The monoisotopic (exact) mass is 369 g/mol. The van der Waals surface area contributed by atoms with Crippen molar-refractivity contribution in [3.05, 3.63) is 65.2 Å². The number of nitrogens with two attached hydrogens (primary N) is 1. The van der Waals surface area contributed by atoms with Crippen molar-refractivity contribution in [3.63, 3.8) is 0 Å². The number of benzene rings is 2. The predicted octanol–water partition coefficient (Wildman–Crippen LogP) is 1.96. The fraction of sp³-hybridized carbons (Fsp3) is 0.381. The molecule has 2 aromatic rings. The van der Waals surface area contributed by atoms with Crippen molar-refractivity contribution in [2.75, 3.05) is 40.0 Å². The van der Waals surface area contributed by atoms with Gasteiger partial charge in [0.1, 0.15) is 5.75 Å². The Labute approximate surface area is 160 Å². The Morgan fingerprint density at radius 1 is 1.22 bits per heavy atom. The van der Waals surface area contributed by atoms with E-state index in [1.165, 1.54) is 5.56 Å². The van der Waals surface area contributed by atoms with Gasteiger partial charge in [-0.15, -0.1) is 0 Å². The molecule has 6 heteroatoms. The van der Waals surface area contributed by atoms with Crippen LogP contribution in [0.2, 0.25) is 0 Å². The average molecular weight is 369 g/mol. The molecule has 0 aromatic heterocycles. The topological polar surface area (TPSA) is 76.8 Å². The number of nitrogens with zero attached hydrogens (tertiary/aromatic N) is 1. The smallest absolute Gasteiger partial charge is 0.248 e. The molecular weight excluding hydrogens is 342 g/mol. The van der Waals surface area contributed by atoms with E-state index in [4.69, 9.17) is 15.2 Å². The number of morpholine rings is 1. The Hall–Kier alpha value is -2.41. The lowest BCUT2D eigenvalue weighted by molar-refractivity contribution is 0.0161. The summed E-state index contributed by atoms with van der Waals surface area (Å²) in [4.78, 5) is 13.8. The van der Waals surface area contributed by atoms with Gasteiger partial charge >= 0.3 is 0 Å². The molecular formula is C21H27N3O3. The molecule has 1 aliphatic heterocycles. The third-order valence-corrected chi connectivity index (χ3v) is 4.87. The molecule has 0 bridgehead atoms. The van der Waals surface area contributed by atoms with Gasteiger partial charge in [-0.1, -0.05) is 24.3 Å². The lowest BCUT2D eigenvalue weighted by Gasteiger charge is -2.35. The van der Waals surface area contributed by atoms with E-state index in [1.807, 2.05) is 30.3 Å². The van der Waals surface area contributed by atoms with E-state index in [0.717, 1.165) is 44.2 Å². The quantitative estimate of drug-likeness (QED) is 0.744. The zero-order valence-corrected chi connectivity index (χ0v) is 15.7. The number of carbonyl (C=O) groups is 1. The van der Waals surface area contributed by atoms with Gasteiger partial charge in [-0.2, -0.15) is 0 Å². The van der Waals surface area contributed by atoms with Gasteiger partial charge in [0.25, 0.3) is 0 Å². The molecule has 3 rings (SSSR count). The first-order chi connectivity index (χ1) is 13.2. The summed E-state index contributed by atoms with van der Waals surface area (Å²) in [7, 11) is 1.68. The second-order valence-electron chi connectivity index (χ2n) is 6.63. The maximum atomic E-state index is 11.4. The summed E-state index contributed by atoms with van der Waals surface area (Å²) in [5, 5.41) is 3.53. The van der Waals surface area contributed by atoms with Crippen LogP contribution in [0.4, 0.5) is 0 Å². The molecule has 0 saturated carbocycles. The minimum atomic E-state index is -0.402. The Bertz CT molecular complexity index is 743. The highest BCUT2D eigenvalue weighted by molar-refractivity contribution is 5.92. The molecule has 144 valence electrons. The fourth-order valence-corrected chi connectivity index (χ4v) is 3.36. The Morgan fingerprint density at radius 3 is 2.63 bits per heavy atom. The summed E-state index contributed by atoms with van der Waals surface area (Å²) in [5.41, 5.74) is 8.19. The van der Waals surface area contributed by atoms with Crippen LogP contribution in [0, 0.1) is 0 Å². The zero-order valence-electron chi connectivity index (χ0n) is 15.7. The van der Waals surface area contributed by atoms with E-state index < -0.39 is 5.91 Å². The maximum absolute atomic E-state index is 11.4. The molecule has 2 aromatic carbocycles. The number of ether oxygens (including phenoxy) is 2. The second-order valence-corrected chi connectivity index (χ2v) is 6.63. The van der Waals surface area contributed by atoms with E-state index in [-0.39, 0.29) is 6.04 Å². The fourth-order valence-electron chi connectivity index (χ4n) is 3.36. The SMILES string of the molecule is COc1ccc(C(CNCc2cccc(C(N)=O)c2)N2CCOCC2)cc1. The third kappa shape index (κ3) is 5.29. The van der Waals surface area contributed by atoms with Crippen LogP contribution in [0.3, 0.4) is 0 Å². The van der Waals surface area contributed by atoms with Gasteiger partial charge in [-0.05, 0) is 35.4 Å². The summed E-state index contributed by atoms with van der Waals surface area (Å²) in [6, 6.07) is 15.9. The standard InChI is InChI=1S/C21H27N3O3/c1-26-19-7-5-17(6-8-19)20(24-9-11-27-12-10-24)15-23-14-16-3-2-4-18(13-16)21(22)25/h2-8,13,20,23H,9-12,14-15H2,1H3,(H2,22,25). The number of amides is 1. The molecule has 3 N–H and O–H groups in total. The second kappa shape index (κ2) is 9.50. The number of primary amides is 1. The molecule has 0 radical (unpaired) electrons. The maximum Gasteiger partial charge on any atom is 0.248 e. The molecule has 27 heavy (non-hydrogen) atoms. The molecule has 0 spiro atoms. The van der Waals surface area contributed by atoms with E-state index in [9.17, 15) is 4.79 Å². The van der Waals surface area contributed by atoms with E-state index in [2.05, 4.69) is 22.3 Å². The number of methoxy groups -OCH3 is 1. The van der Waals surface area contributed by atoms with Gasteiger partial charge in [0, 0.05) is 37.8 Å². The molecule has 1 atom stereocenters. The predicted molar refractivity (Wildman–Crippen MR) is 105 cm³/mol. The van der Waals surface area contributed by atoms with Gasteiger partial charge in [-0.3, -0.25) is 9.69 Å². The Balaban J connectivity index is 1.67. The van der Waals surface area contributed by atoms with Crippen molar-refractivity contribution in [2.45, 2.75) is 12.6 Å². The number of nitrogens with one attached hydrogen (secondary N) is 1. The van der Waals surface area contributed by atoms with Crippen LogP contribution in [0.25, 0.3) is 0 Å². The van der Waals surface area contributed by atoms with Gasteiger partial charge in [0.05, 0.1) is 20.3 Å². The summed E-state index contributed by atoms with van der Waals surface area (Å²) >= 11 is 0. The van der Waals surface area contributed by atoms with Crippen molar-refractivity contribution in [2.24, 2.45) is 5.73 Å². The first-order valence-corrected chi connectivity index (χ1v) is 9.22. The Kier molecular flexibility index (Phi) is 6.81. The first kappa shape index (κ1) is 19.4. The van der Waals surface area contributed by atoms with Crippen molar-refractivity contribution in [1.29, 1.82) is 0 Å². The number of hydrogen-bond acceptors (Lipinski definition) is 5. The van der Waals surface area contributed by atoms with Gasteiger partial charge in [0.15, 0.2) is 0 Å². The minimum absolute atomic E-state index is 0.249. The molecule has 1 heterocycles. The molecule has 1 amide bonds. The molecule has 1 saturated heterocycles. The van der Waals surface area contributed by atoms with Crippen LogP contribution in [-0.4, -0.2) is 50.8 Å². The van der Waals surface area contributed by atoms with Crippen LogP contribution in [-0.2, 0) is 11.3 Å². The van der Waals surface area contributed by atoms with Crippen LogP contribution >= 0.6 is 0 Å². The van der Waals surface area contributed by atoms with Crippen LogP contribution in [0.5, 0.6) is 5.75 Å². The first-order valence-electron chi connectivity index (χ1n) is 9.22. The lowest BCUT2D eigenvalue weighted by atomic mass is 10.0. The van der Waals surface area contributed by atoms with Gasteiger partial charge < -0.3 is 20.5 Å². The lowest BCUT2D eigenvalue weighted by Crippen LogP contribution is -2.42. The molecule has 1 unspecified atom stereocenters. The number of carbonyl (C=O) groups excluding carboxylic acids is 1. The molecule has 1 aliphatic rings. The molecule has 1 fully saturated rings. The average Bonchev–Trinajstić information content (AvgIpc) is 2.72. The highest BCUT2D eigenvalue weighted by Gasteiger charge is 2.22. The minimum Gasteiger partial charge on any atom is -0.497 e. The summed E-state index contributed by atoms with van der Waals surface area (Å²) in [5.74, 6) is 0.456. The normalized spacial score (nSPS) is 16.0. The molecule has 6 nitrogen and oxygen atoms in total. The van der Waals surface area contributed by atoms with Gasteiger partial charge in [0.2, 0.25) is 5.91 Å². The zero-order chi connectivity index (χ0) is 19.1. The van der Waals surface area contributed by atoms with Crippen LogP contribution in [0.1, 0.15) is 27.5 Å². The number of hydrogen-bond donors (Lipinski definition) is 2. The summed E-state index contributed by atoms with van der Waals surface area (Å²) < 4.78 is 10.8.